The number of ether oxygens (including phenoxy) is 2. The Morgan fingerprint density at radius 2 is 2.04 bits per heavy atom. The predicted molar refractivity (Wildman–Crippen MR) is 97.6 cm³/mol. The number of carboxylic acid groups (broad SMARTS) is 1. The maximum Gasteiger partial charge on any atom is 0.335 e. The summed E-state index contributed by atoms with van der Waals surface area (Å²) in [5.74, 6) is 0.635. The second-order valence-corrected chi connectivity index (χ2v) is 6.48. The zero-order valence-electron chi connectivity index (χ0n) is 14.5. The van der Waals surface area contributed by atoms with Gasteiger partial charge in [-0.25, -0.2) is 4.79 Å². The highest BCUT2D eigenvalue weighted by atomic mass is 16.5. The fraction of sp³-hybridized carbons (Fsp3) is 0.250. The van der Waals surface area contributed by atoms with Crippen molar-refractivity contribution in [3.8, 4) is 11.5 Å². The van der Waals surface area contributed by atoms with Crippen LogP contribution in [0.1, 0.15) is 29.8 Å². The number of rotatable bonds is 5. The maximum absolute atomic E-state index is 11.1. The molecule has 1 aliphatic heterocycles. The van der Waals surface area contributed by atoms with E-state index in [9.17, 15) is 4.79 Å². The quantitative estimate of drug-likeness (QED) is 0.860. The Labute approximate surface area is 146 Å². The van der Waals surface area contributed by atoms with Crippen LogP contribution in [0.15, 0.2) is 48.5 Å². The van der Waals surface area contributed by atoms with Gasteiger partial charge in [0.2, 0.25) is 0 Å². The highest BCUT2D eigenvalue weighted by molar-refractivity contribution is 5.89. The lowest BCUT2D eigenvalue weighted by Crippen LogP contribution is -2.30. The first-order chi connectivity index (χ1) is 11.9. The van der Waals surface area contributed by atoms with Crippen molar-refractivity contribution in [2.75, 3.05) is 19.0 Å². The highest BCUT2D eigenvalue weighted by Gasteiger charge is 2.26. The van der Waals surface area contributed by atoms with Gasteiger partial charge < -0.3 is 19.9 Å². The first-order valence-electron chi connectivity index (χ1n) is 8.04. The summed E-state index contributed by atoms with van der Waals surface area (Å²) in [7, 11) is 1.63. The SMILES string of the molecule is COc1ccc2c(c1)C(CNc1cccc(C(=O)O)c1)=CC(C)(C)O2. The number of hydrogen-bond acceptors (Lipinski definition) is 4. The van der Waals surface area contributed by atoms with E-state index >= 15 is 0 Å². The summed E-state index contributed by atoms with van der Waals surface area (Å²) in [5.41, 5.74) is 2.65. The van der Waals surface area contributed by atoms with Crippen LogP contribution in [0.25, 0.3) is 5.57 Å². The molecule has 0 aliphatic carbocycles. The fourth-order valence-corrected chi connectivity index (χ4v) is 2.89. The molecule has 0 saturated heterocycles. The number of benzene rings is 2. The van der Waals surface area contributed by atoms with Crippen LogP contribution in [0.2, 0.25) is 0 Å². The van der Waals surface area contributed by atoms with Gasteiger partial charge in [-0.1, -0.05) is 6.07 Å². The largest absolute Gasteiger partial charge is 0.497 e. The number of hydrogen-bond donors (Lipinski definition) is 2. The molecule has 3 rings (SSSR count). The van der Waals surface area contributed by atoms with Gasteiger partial charge in [-0.2, -0.15) is 0 Å². The van der Waals surface area contributed by atoms with E-state index in [1.807, 2.05) is 38.1 Å². The van der Waals surface area contributed by atoms with Crippen LogP contribution in [-0.2, 0) is 0 Å². The Hall–Kier alpha value is -2.95. The van der Waals surface area contributed by atoms with Crippen LogP contribution >= 0.6 is 0 Å². The Bertz CT molecular complexity index is 839. The van der Waals surface area contributed by atoms with Crippen molar-refractivity contribution in [2.45, 2.75) is 19.4 Å². The number of anilines is 1. The summed E-state index contributed by atoms with van der Waals surface area (Å²) < 4.78 is 11.3. The summed E-state index contributed by atoms with van der Waals surface area (Å²) in [5, 5.41) is 12.4. The topological polar surface area (TPSA) is 67.8 Å². The molecule has 2 aromatic rings. The smallest absolute Gasteiger partial charge is 0.335 e. The van der Waals surface area contributed by atoms with Gasteiger partial charge in [0.1, 0.15) is 17.1 Å². The summed E-state index contributed by atoms with van der Waals surface area (Å²) in [6, 6.07) is 12.5. The van der Waals surface area contributed by atoms with Crippen molar-refractivity contribution in [1.29, 1.82) is 0 Å². The van der Waals surface area contributed by atoms with E-state index in [1.165, 1.54) is 0 Å². The van der Waals surface area contributed by atoms with E-state index in [2.05, 4.69) is 11.4 Å². The second kappa shape index (κ2) is 6.51. The Balaban J connectivity index is 1.87. The van der Waals surface area contributed by atoms with Crippen molar-refractivity contribution in [1.82, 2.24) is 0 Å². The zero-order valence-corrected chi connectivity index (χ0v) is 14.5. The average Bonchev–Trinajstić information content (AvgIpc) is 2.58. The first kappa shape index (κ1) is 16.9. The van der Waals surface area contributed by atoms with Crippen molar-refractivity contribution in [3.05, 3.63) is 59.7 Å². The number of carboxylic acids is 1. The van der Waals surface area contributed by atoms with Crippen molar-refractivity contribution >= 4 is 17.2 Å². The molecule has 0 radical (unpaired) electrons. The molecule has 25 heavy (non-hydrogen) atoms. The molecule has 0 aromatic heterocycles. The van der Waals surface area contributed by atoms with Gasteiger partial charge in [-0.15, -0.1) is 0 Å². The van der Waals surface area contributed by atoms with E-state index in [4.69, 9.17) is 14.6 Å². The number of aromatic carboxylic acids is 1. The highest BCUT2D eigenvalue weighted by Crippen LogP contribution is 2.38. The molecule has 0 bridgehead atoms. The molecule has 0 unspecified atom stereocenters. The lowest BCUT2D eigenvalue weighted by Gasteiger charge is -2.31. The molecule has 0 fully saturated rings. The molecule has 2 N–H and O–H groups in total. The molecule has 1 aliphatic rings. The lowest BCUT2D eigenvalue weighted by atomic mass is 9.94. The predicted octanol–water partition coefficient (Wildman–Crippen LogP) is 4.06. The van der Waals surface area contributed by atoms with E-state index < -0.39 is 11.6 Å². The standard InChI is InChI=1S/C20H21NO4/c1-20(2)11-14(17-10-16(24-3)7-8-18(17)25-20)12-21-15-6-4-5-13(9-15)19(22)23/h4-11,21H,12H2,1-3H3,(H,22,23). The fourth-order valence-electron chi connectivity index (χ4n) is 2.89. The average molecular weight is 339 g/mol. The van der Waals surface area contributed by atoms with Crippen molar-refractivity contribution in [3.63, 3.8) is 0 Å². The summed E-state index contributed by atoms with van der Waals surface area (Å²) in [6.07, 6.45) is 2.07. The first-order valence-corrected chi connectivity index (χ1v) is 8.04. The molecule has 0 atom stereocenters. The minimum absolute atomic E-state index is 0.258. The Kier molecular flexibility index (Phi) is 4.40. The molecular weight excluding hydrogens is 318 g/mol. The molecular formula is C20H21NO4. The van der Waals surface area contributed by atoms with E-state index in [0.717, 1.165) is 28.3 Å². The molecule has 2 aromatic carbocycles. The monoisotopic (exact) mass is 339 g/mol. The third-order valence-electron chi connectivity index (χ3n) is 4.02. The minimum Gasteiger partial charge on any atom is -0.497 e. The number of methoxy groups -OCH3 is 1. The van der Waals surface area contributed by atoms with Crippen LogP contribution in [0, 0.1) is 0 Å². The molecule has 5 heteroatoms. The third-order valence-corrected chi connectivity index (χ3v) is 4.02. The van der Waals surface area contributed by atoms with Crippen LogP contribution in [0.3, 0.4) is 0 Å². The van der Waals surface area contributed by atoms with Gasteiger partial charge in [0.05, 0.1) is 12.7 Å². The summed E-state index contributed by atoms with van der Waals surface area (Å²) in [6.45, 7) is 4.56. The van der Waals surface area contributed by atoms with Crippen LogP contribution in [-0.4, -0.2) is 30.3 Å². The van der Waals surface area contributed by atoms with Crippen molar-refractivity contribution in [2.24, 2.45) is 0 Å². The van der Waals surface area contributed by atoms with Gasteiger partial charge in [0.15, 0.2) is 0 Å². The Morgan fingerprint density at radius 1 is 1.24 bits per heavy atom. The molecule has 0 spiro atoms. The normalized spacial score (nSPS) is 14.8. The van der Waals surface area contributed by atoms with E-state index in [0.29, 0.717) is 6.54 Å². The van der Waals surface area contributed by atoms with Gasteiger partial charge in [-0.05, 0) is 61.9 Å². The van der Waals surface area contributed by atoms with E-state index in [-0.39, 0.29) is 5.56 Å². The summed E-state index contributed by atoms with van der Waals surface area (Å²) in [4.78, 5) is 11.1. The zero-order chi connectivity index (χ0) is 18.0. The molecule has 0 saturated carbocycles. The van der Waals surface area contributed by atoms with Crippen molar-refractivity contribution < 1.29 is 19.4 Å². The molecule has 1 heterocycles. The molecule has 5 nitrogen and oxygen atoms in total. The maximum atomic E-state index is 11.1. The van der Waals surface area contributed by atoms with Gasteiger partial charge in [0, 0.05) is 17.8 Å². The van der Waals surface area contributed by atoms with Crippen LogP contribution in [0.4, 0.5) is 5.69 Å². The van der Waals surface area contributed by atoms with Gasteiger partial charge >= 0.3 is 5.97 Å². The van der Waals surface area contributed by atoms with Crippen LogP contribution < -0.4 is 14.8 Å². The Morgan fingerprint density at radius 3 is 2.76 bits per heavy atom. The number of carbonyl (C=O) groups is 1. The number of fused-ring (bicyclic) bond motifs is 1. The minimum atomic E-state index is -0.940. The second-order valence-electron chi connectivity index (χ2n) is 6.48. The van der Waals surface area contributed by atoms with E-state index in [1.54, 1.807) is 25.3 Å². The number of nitrogens with one attached hydrogen (secondary N) is 1. The van der Waals surface area contributed by atoms with Crippen LogP contribution in [0.5, 0.6) is 11.5 Å². The summed E-state index contributed by atoms with van der Waals surface area (Å²) >= 11 is 0. The van der Waals surface area contributed by atoms with Gasteiger partial charge in [0.25, 0.3) is 0 Å². The molecule has 0 amide bonds. The van der Waals surface area contributed by atoms with Gasteiger partial charge in [-0.3, -0.25) is 0 Å². The third kappa shape index (κ3) is 3.76. The lowest BCUT2D eigenvalue weighted by molar-refractivity contribution is 0.0697. The molecule has 130 valence electrons.